The van der Waals surface area contributed by atoms with E-state index in [4.69, 9.17) is 32.3 Å². The van der Waals surface area contributed by atoms with Gasteiger partial charge in [0.25, 0.3) is 0 Å². The van der Waals surface area contributed by atoms with Crippen molar-refractivity contribution in [2.45, 2.75) is 424 Å². The molecule has 0 aliphatic heterocycles. The van der Waals surface area contributed by atoms with Gasteiger partial charge in [0.05, 0.1) is 26.4 Å². The summed E-state index contributed by atoms with van der Waals surface area (Å²) in [5.74, 6) is -1.60. The molecule has 5 atom stereocenters. The minimum Gasteiger partial charge on any atom is -0.463 e. The summed E-state index contributed by atoms with van der Waals surface area (Å²) in [6.07, 6.45) is 131. The number of phosphoric ester groups is 2. The normalized spacial score (nSPS) is 14.5. The summed E-state index contributed by atoms with van der Waals surface area (Å²) in [4.78, 5) is 59.1. The molecule has 0 bridgehead atoms. The van der Waals surface area contributed by atoms with E-state index in [-0.39, 0.29) is 19.3 Å². The third kappa shape index (κ3) is 98.8. The van der Waals surface area contributed by atoms with Gasteiger partial charge in [0, 0.05) is 19.3 Å². The van der Waals surface area contributed by atoms with E-state index in [1.54, 1.807) is 0 Å². The van der Waals surface area contributed by atoms with Crippen molar-refractivity contribution >= 4 is 33.6 Å². The molecule has 0 amide bonds. The van der Waals surface area contributed by atoms with Gasteiger partial charge in [-0.3, -0.25) is 32.5 Å². The van der Waals surface area contributed by atoms with Gasteiger partial charge >= 0.3 is 33.6 Å². The molecular formula is C107H180O16P2. The lowest BCUT2D eigenvalue weighted by Crippen LogP contribution is -2.30. The lowest BCUT2D eigenvalue weighted by Gasteiger charge is -2.21. The zero-order valence-corrected chi connectivity index (χ0v) is 80.7. The highest BCUT2D eigenvalue weighted by Crippen LogP contribution is 2.45. The number of phosphoric acid groups is 2. The Kier molecular flexibility index (Phi) is 93.1. The predicted molar refractivity (Wildman–Crippen MR) is 528 cm³/mol. The molecule has 0 aromatic carbocycles. The molecule has 0 rings (SSSR count). The molecule has 18 heteroatoms. The fourth-order valence-electron chi connectivity index (χ4n) is 13.3. The summed E-state index contributed by atoms with van der Waals surface area (Å²) in [6.45, 7) is 2.44. The maximum atomic E-state index is 13.1. The highest BCUT2D eigenvalue weighted by molar-refractivity contribution is 7.47. The number of carbonyl (C=O) groups excluding carboxylic acids is 3. The van der Waals surface area contributed by atoms with Crippen molar-refractivity contribution in [1.82, 2.24) is 0 Å². The SMILES string of the molecule is CC/C=C\C/C=C\C/C=C\C/C=C\C/C=C\C/C=C\CCCCCCCCCCCCCCCCC(=O)OCC(O)COP(=O)(O)OCC(O)COP(=O)(O)OCC(COC(=O)CCCCCCCCCCCCCCCCCCC/C=C\C/C=C\C/C=C\C/C=C\CCCCC)OC(=O)CCCCCC/C=C\C/C=C\C/C=C\C/C=C\C/C=C\C/C=C\CC. The van der Waals surface area contributed by atoms with Crippen molar-refractivity contribution in [2.75, 3.05) is 39.6 Å². The largest absolute Gasteiger partial charge is 0.472 e. The quantitative estimate of drug-likeness (QED) is 0.0146. The van der Waals surface area contributed by atoms with E-state index in [2.05, 4.69) is 215 Å². The summed E-state index contributed by atoms with van der Waals surface area (Å²) < 4.78 is 61.6. The van der Waals surface area contributed by atoms with Gasteiger partial charge in [-0.15, -0.1) is 0 Å². The summed E-state index contributed by atoms with van der Waals surface area (Å²) in [6, 6.07) is 0. The summed E-state index contributed by atoms with van der Waals surface area (Å²) >= 11 is 0. The molecule has 4 N–H and O–H groups in total. The summed E-state index contributed by atoms with van der Waals surface area (Å²) in [5.41, 5.74) is 0. The van der Waals surface area contributed by atoms with Gasteiger partial charge in [0.15, 0.2) is 6.10 Å². The molecule has 125 heavy (non-hydrogen) atoms. The second-order valence-electron chi connectivity index (χ2n) is 32.8. The van der Waals surface area contributed by atoms with Gasteiger partial charge in [-0.25, -0.2) is 9.13 Å². The van der Waals surface area contributed by atoms with Crippen molar-refractivity contribution in [3.8, 4) is 0 Å². The van der Waals surface area contributed by atoms with Crippen LogP contribution in [-0.2, 0) is 55.8 Å². The smallest absolute Gasteiger partial charge is 0.463 e. The molecule has 0 aromatic rings. The standard InChI is InChI=1S/C107H180O16P2/c1-4-7-10-13-16-19-22-25-28-31-34-37-40-42-44-46-48-50-52-54-56-58-61-63-66-69-72-75-78-81-84-87-90-93-105(110)117-96-102(108)97-119-124(113,114)120-98-103(109)99-121-125(115,116)122-101-104(123-107(112)95-92-89-86-83-80-77-74-71-68-65-60-39-36-33-30-27-24-21-18-15-12-9-6-3)100-118-106(111)94-91-88-85-82-79-76-73-70-67-64-62-59-57-55-53-51-49-47-45-43-41-38-35-32-29-26-23-20-17-14-11-8-5-2/h7,9-10,12,16-21,25-30,34-39,42-45,48,50,65,68,74,77,102-104,108-109H,4-6,8,11,13-15,22-24,31-33,40-41,46-47,49,51-64,66-67,69-73,75-76,78-101H2,1-3H3,(H,113,114)(H,115,116)/b10-7-,12-9-,19-16-,20-17-,21-18-,28-25-,29-26-,30-27-,37-34-,38-35-,39-36-,44-42-,45-43-,50-48-,68-65-,77-74-. The first kappa shape index (κ1) is 119. The average molecular weight is 1780 g/mol. The van der Waals surface area contributed by atoms with Crippen LogP contribution in [0, 0.1) is 0 Å². The second-order valence-corrected chi connectivity index (χ2v) is 35.7. The van der Waals surface area contributed by atoms with Crippen LogP contribution in [0.5, 0.6) is 0 Å². The van der Waals surface area contributed by atoms with Crippen LogP contribution in [0.15, 0.2) is 194 Å². The number of aliphatic hydroxyl groups excluding tert-OH is 2. The highest BCUT2D eigenvalue weighted by atomic mass is 31.2. The minimum absolute atomic E-state index is 0.0703. The molecule has 0 saturated carbocycles. The van der Waals surface area contributed by atoms with E-state index in [9.17, 15) is 43.5 Å². The molecule has 0 aliphatic carbocycles. The number of hydrogen-bond acceptors (Lipinski definition) is 14. The van der Waals surface area contributed by atoms with Gasteiger partial charge in [-0.2, -0.15) is 0 Å². The van der Waals surface area contributed by atoms with E-state index in [1.807, 2.05) is 0 Å². The molecule has 0 saturated heterocycles. The number of carbonyl (C=O) groups is 3. The van der Waals surface area contributed by atoms with E-state index in [0.29, 0.717) is 19.3 Å². The third-order valence-corrected chi connectivity index (χ3v) is 22.7. The molecule has 0 aromatic heterocycles. The Bertz CT molecular complexity index is 3050. The molecule has 0 spiro atoms. The Labute approximate surface area is 763 Å². The Morgan fingerprint density at radius 3 is 0.672 bits per heavy atom. The number of esters is 3. The van der Waals surface area contributed by atoms with Crippen LogP contribution in [0.4, 0.5) is 0 Å². The second kappa shape index (κ2) is 97.4. The van der Waals surface area contributed by atoms with Crippen molar-refractivity contribution in [2.24, 2.45) is 0 Å². The van der Waals surface area contributed by atoms with Crippen LogP contribution in [0.2, 0.25) is 0 Å². The number of hydrogen-bond donors (Lipinski definition) is 4. The van der Waals surface area contributed by atoms with Crippen molar-refractivity contribution in [3.05, 3.63) is 194 Å². The lowest BCUT2D eigenvalue weighted by atomic mass is 10.0. The monoisotopic (exact) mass is 1780 g/mol. The molecule has 0 aliphatic rings. The van der Waals surface area contributed by atoms with E-state index in [1.165, 1.54) is 180 Å². The molecule has 0 fully saturated rings. The van der Waals surface area contributed by atoms with Gasteiger partial charge < -0.3 is 34.2 Å². The Hall–Kier alpha value is -5.61. The molecular weight excluding hydrogens is 1600 g/mol. The van der Waals surface area contributed by atoms with Gasteiger partial charge in [0.1, 0.15) is 25.4 Å². The Morgan fingerprint density at radius 1 is 0.232 bits per heavy atom. The van der Waals surface area contributed by atoms with Gasteiger partial charge in [-0.1, -0.05) is 414 Å². The number of allylic oxidation sites excluding steroid dienone is 32. The topological polar surface area (TPSA) is 231 Å². The lowest BCUT2D eigenvalue weighted by molar-refractivity contribution is -0.161. The van der Waals surface area contributed by atoms with Crippen LogP contribution in [0.3, 0.4) is 0 Å². The number of ether oxygens (including phenoxy) is 3. The van der Waals surface area contributed by atoms with Crippen molar-refractivity contribution in [3.63, 3.8) is 0 Å². The minimum atomic E-state index is -4.96. The first-order valence-electron chi connectivity index (χ1n) is 49.7. The zero-order chi connectivity index (χ0) is 90.7. The highest BCUT2D eigenvalue weighted by Gasteiger charge is 2.30. The first-order valence-corrected chi connectivity index (χ1v) is 52.7. The van der Waals surface area contributed by atoms with Gasteiger partial charge in [-0.05, 0) is 167 Å². The van der Waals surface area contributed by atoms with Crippen LogP contribution in [-0.4, -0.2) is 95.9 Å². The van der Waals surface area contributed by atoms with Crippen molar-refractivity contribution in [1.29, 1.82) is 0 Å². The van der Waals surface area contributed by atoms with Crippen LogP contribution in [0.25, 0.3) is 0 Å². The van der Waals surface area contributed by atoms with Crippen molar-refractivity contribution < 1.29 is 75.8 Å². The third-order valence-electron chi connectivity index (χ3n) is 20.8. The first-order chi connectivity index (χ1) is 61.2. The predicted octanol–water partition coefficient (Wildman–Crippen LogP) is 31.3. The van der Waals surface area contributed by atoms with Gasteiger partial charge in [0.2, 0.25) is 0 Å². The maximum absolute atomic E-state index is 13.1. The average Bonchev–Trinajstić information content (AvgIpc) is 0.904. The molecule has 0 radical (unpaired) electrons. The zero-order valence-electron chi connectivity index (χ0n) is 79.0. The van der Waals surface area contributed by atoms with Crippen LogP contribution >= 0.6 is 15.6 Å². The van der Waals surface area contributed by atoms with E-state index < -0.39 is 91.5 Å². The molecule has 5 unspecified atom stereocenters. The molecule has 16 nitrogen and oxygen atoms in total. The van der Waals surface area contributed by atoms with E-state index >= 15 is 0 Å². The summed E-state index contributed by atoms with van der Waals surface area (Å²) in [5, 5.41) is 20.8. The van der Waals surface area contributed by atoms with Crippen LogP contribution in [0.1, 0.15) is 406 Å². The maximum Gasteiger partial charge on any atom is 0.472 e. The fraction of sp³-hybridized carbons (Fsp3) is 0.673. The number of aliphatic hydroxyl groups is 2. The van der Waals surface area contributed by atoms with E-state index in [0.717, 1.165) is 167 Å². The molecule has 0 heterocycles. The Balaban J connectivity index is 4.60. The number of unbranched alkanes of at least 4 members (excludes halogenated alkanes) is 38. The van der Waals surface area contributed by atoms with Crippen LogP contribution < -0.4 is 0 Å². The molecule has 714 valence electrons. The fourth-order valence-corrected chi connectivity index (χ4v) is 14.9. The number of rotatable bonds is 93. The summed E-state index contributed by atoms with van der Waals surface area (Å²) in [7, 11) is -9.83. The Morgan fingerprint density at radius 2 is 0.424 bits per heavy atom.